The third-order valence-electron chi connectivity index (χ3n) is 2.94. The van der Waals surface area contributed by atoms with Crippen LogP contribution in [0, 0.1) is 0 Å². The number of thiazole rings is 1. The Hall–Kier alpha value is -2.60. The van der Waals surface area contributed by atoms with Crippen molar-refractivity contribution >= 4 is 27.5 Å². The second-order valence-electron chi connectivity index (χ2n) is 4.52. The van der Waals surface area contributed by atoms with E-state index in [0.29, 0.717) is 10.9 Å². The van der Waals surface area contributed by atoms with E-state index in [2.05, 4.69) is 4.98 Å². The van der Waals surface area contributed by atoms with Crippen LogP contribution in [0.15, 0.2) is 54.6 Å². The molecule has 0 aliphatic rings. The van der Waals surface area contributed by atoms with Crippen molar-refractivity contribution in [1.82, 2.24) is 4.98 Å². The zero-order valence-corrected chi connectivity index (χ0v) is 12.3. The van der Waals surface area contributed by atoms with Gasteiger partial charge in [0.1, 0.15) is 12.4 Å². The van der Waals surface area contributed by atoms with Crippen molar-refractivity contribution in [3.05, 3.63) is 54.6 Å². The van der Waals surface area contributed by atoms with E-state index in [4.69, 9.17) is 9.47 Å². The fourth-order valence-corrected chi connectivity index (χ4v) is 2.73. The van der Waals surface area contributed by atoms with Gasteiger partial charge in [-0.2, -0.15) is 0 Å². The van der Waals surface area contributed by atoms with Gasteiger partial charge in [0.2, 0.25) is 6.10 Å². The molecule has 2 aromatic carbocycles. The average molecular weight is 315 g/mol. The molecule has 0 saturated heterocycles. The van der Waals surface area contributed by atoms with Crippen molar-refractivity contribution < 1.29 is 19.4 Å². The Morgan fingerprint density at radius 2 is 1.86 bits per heavy atom. The molecular weight excluding hydrogens is 302 g/mol. The highest BCUT2D eigenvalue weighted by Crippen LogP contribution is 2.28. The van der Waals surface area contributed by atoms with Gasteiger partial charge < -0.3 is 14.6 Å². The molecule has 0 saturated carbocycles. The molecule has 1 heterocycles. The van der Waals surface area contributed by atoms with Gasteiger partial charge in [0, 0.05) is 0 Å². The number of carboxylic acids is 1. The number of carboxylic acid groups (broad SMARTS) is 1. The quantitative estimate of drug-likeness (QED) is 0.756. The number of ether oxygens (including phenoxy) is 2. The summed E-state index contributed by atoms with van der Waals surface area (Å²) in [7, 11) is 0. The molecule has 1 unspecified atom stereocenters. The number of aliphatic carboxylic acids is 1. The minimum Gasteiger partial charge on any atom is -0.489 e. The lowest BCUT2D eigenvalue weighted by Crippen LogP contribution is -2.33. The molecule has 22 heavy (non-hydrogen) atoms. The largest absolute Gasteiger partial charge is 0.489 e. The summed E-state index contributed by atoms with van der Waals surface area (Å²) in [5.74, 6) is -0.489. The molecule has 0 amide bonds. The van der Waals surface area contributed by atoms with E-state index in [1.165, 1.54) is 11.3 Å². The van der Waals surface area contributed by atoms with Crippen molar-refractivity contribution in [1.29, 1.82) is 0 Å². The Balaban J connectivity index is 1.70. The van der Waals surface area contributed by atoms with Gasteiger partial charge in [-0.1, -0.05) is 41.7 Å². The van der Waals surface area contributed by atoms with Crippen LogP contribution in [0.25, 0.3) is 10.2 Å². The summed E-state index contributed by atoms with van der Waals surface area (Å²) < 4.78 is 11.9. The third kappa shape index (κ3) is 3.35. The zero-order chi connectivity index (χ0) is 15.4. The van der Waals surface area contributed by atoms with Crippen LogP contribution in [0.4, 0.5) is 0 Å². The molecule has 0 fully saturated rings. The van der Waals surface area contributed by atoms with Gasteiger partial charge in [-0.3, -0.25) is 0 Å². The number of nitrogens with zero attached hydrogens (tertiary/aromatic N) is 1. The fraction of sp³-hybridized carbons (Fsp3) is 0.125. The minimum atomic E-state index is -1.11. The highest BCUT2D eigenvalue weighted by molar-refractivity contribution is 7.20. The molecule has 0 spiro atoms. The highest BCUT2D eigenvalue weighted by Gasteiger charge is 2.22. The van der Waals surface area contributed by atoms with Gasteiger partial charge in [-0.15, -0.1) is 0 Å². The summed E-state index contributed by atoms with van der Waals surface area (Å²) in [6.07, 6.45) is -1.11. The van der Waals surface area contributed by atoms with E-state index >= 15 is 0 Å². The van der Waals surface area contributed by atoms with E-state index in [1.807, 2.05) is 42.5 Å². The monoisotopic (exact) mass is 315 g/mol. The first-order chi connectivity index (χ1) is 10.7. The highest BCUT2D eigenvalue weighted by atomic mass is 32.1. The Morgan fingerprint density at radius 1 is 1.14 bits per heavy atom. The first kappa shape index (κ1) is 14.3. The maximum absolute atomic E-state index is 11.3. The topological polar surface area (TPSA) is 68.7 Å². The zero-order valence-electron chi connectivity index (χ0n) is 11.5. The number of para-hydroxylation sites is 2. The minimum absolute atomic E-state index is 0.0880. The summed E-state index contributed by atoms with van der Waals surface area (Å²) in [4.78, 5) is 15.6. The molecule has 6 heteroatoms. The van der Waals surface area contributed by atoms with Crippen molar-refractivity contribution in [2.45, 2.75) is 6.10 Å². The molecule has 1 N–H and O–H groups in total. The average Bonchev–Trinajstić information content (AvgIpc) is 2.94. The molecule has 1 atom stereocenters. The van der Waals surface area contributed by atoms with Crippen LogP contribution in [0.3, 0.4) is 0 Å². The van der Waals surface area contributed by atoms with Crippen LogP contribution < -0.4 is 9.47 Å². The van der Waals surface area contributed by atoms with Gasteiger partial charge in [0.25, 0.3) is 5.19 Å². The van der Waals surface area contributed by atoms with Gasteiger partial charge in [0.15, 0.2) is 0 Å². The van der Waals surface area contributed by atoms with Gasteiger partial charge in [0.05, 0.1) is 10.2 Å². The first-order valence-electron chi connectivity index (χ1n) is 6.65. The molecule has 0 radical (unpaired) electrons. The lowest BCUT2D eigenvalue weighted by molar-refractivity contribution is -0.146. The standard InChI is InChI=1S/C16H13NO4S/c18-15(19)13(10-20-11-6-2-1-3-7-11)21-16-17-12-8-4-5-9-14(12)22-16/h1-9,13H,10H2,(H,18,19). The SMILES string of the molecule is O=C(O)C(COc1ccccc1)Oc1nc2ccccc2s1. The second kappa shape index (κ2) is 6.44. The summed E-state index contributed by atoms with van der Waals surface area (Å²) >= 11 is 1.31. The van der Waals surface area contributed by atoms with Crippen LogP contribution >= 0.6 is 11.3 Å². The molecule has 0 aliphatic carbocycles. The number of hydrogen-bond acceptors (Lipinski definition) is 5. The smallest absolute Gasteiger partial charge is 0.348 e. The summed E-state index contributed by atoms with van der Waals surface area (Å²) in [6.45, 7) is -0.0880. The number of fused-ring (bicyclic) bond motifs is 1. The predicted molar refractivity (Wildman–Crippen MR) is 83.6 cm³/mol. The van der Waals surface area contributed by atoms with Crippen molar-refractivity contribution in [2.24, 2.45) is 0 Å². The van der Waals surface area contributed by atoms with Crippen LogP contribution in [0.1, 0.15) is 0 Å². The van der Waals surface area contributed by atoms with Crippen molar-refractivity contribution in [3.63, 3.8) is 0 Å². The lowest BCUT2D eigenvalue weighted by Gasteiger charge is -2.13. The first-order valence-corrected chi connectivity index (χ1v) is 7.47. The van der Waals surface area contributed by atoms with Crippen LogP contribution in [0.2, 0.25) is 0 Å². The van der Waals surface area contributed by atoms with Crippen LogP contribution in [0.5, 0.6) is 10.9 Å². The maximum Gasteiger partial charge on any atom is 0.348 e. The van der Waals surface area contributed by atoms with Gasteiger partial charge in [-0.25, -0.2) is 9.78 Å². The summed E-state index contributed by atoms with van der Waals surface area (Å²) in [6, 6.07) is 16.6. The predicted octanol–water partition coefficient (Wildman–Crippen LogP) is 3.21. The number of aromatic nitrogens is 1. The number of hydrogen-bond donors (Lipinski definition) is 1. The van der Waals surface area contributed by atoms with Crippen LogP contribution in [-0.4, -0.2) is 28.8 Å². The summed E-state index contributed by atoms with van der Waals surface area (Å²) in [5, 5.41) is 9.58. The van der Waals surface area contributed by atoms with Gasteiger partial charge in [-0.05, 0) is 24.3 Å². The second-order valence-corrected chi connectivity index (χ2v) is 5.51. The normalized spacial score (nSPS) is 12.0. The Kier molecular flexibility index (Phi) is 4.20. The lowest BCUT2D eigenvalue weighted by atomic mass is 10.3. The number of carbonyl (C=O) groups is 1. The molecule has 3 rings (SSSR count). The Bertz CT molecular complexity index is 739. The van der Waals surface area contributed by atoms with E-state index in [1.54, 1.807) is 12.1 Å². The van der Waals surface area contributed by atoms with E-state index in [0.717, 1.165) is 10.2 Å². The molecule has 0 bridgehead atoms. The molecular formula is C16H13NO4S. The van der Waals surface area contributed by atoms with E-state index in [9.17, 15) is 9.90 Å². The van der Waals surface area contributed by atoms with E-state index in [-0.39, 0.29) is 6.61 Å². The molecule has 112 valence electrons. The van der Waals surface area contributed by atoms with Crippen molar-refractivity contribution in [3.8, 4) is 10.9 Å². The van der Waals surface area contributed by atoms with Crippen molar-refractivity contribution in [2.75, 3.05) is 6.61 Å². The molecule has 5 nitrogen and oxygen atoms in total. The third-order valence-corrected chi connectivity index (χ3v) is 3.86. The fourth-order valence-electron chi connectivity index (χ4n) is 1.87. The maximum atomic E-state index is 11.3. The summed E-state index contributed by atoms with van der Waals surface area (Å²) in [5.41, 5.74) is 0.788. The van der Waals surface area contributed by atoms with E-state index < -0.39 is 12.1 Å². The molecule has 0 aliphatic heterocycles. The number of benzene rings is 2. The van der Waals surface area contributed by atoms with Crippen LogP contribution in [-0.2, 0) is 4.79 Å². The Morgan fingerprint density at radius 3 is 2.59 bits per heavy atom. The molecule has 3 aromatic rings. The van der Waals surface area contributed by atoms with Gasteiger partial charge >= 0.3 is 5.97 Å². The molecule has 1 aromatic heterocycles. The number of rotatable bonds is 6. The Labute approximate surface area is 130 Å².